The van der Waals surface area contributed by atoms with Crippen molar-refractivity contribution in [1.29, 1.82) is 0 Å². The van der Waals surface area contributed by atoms with E-state index in [0.29, 0.717) is 18.6 Å². The fraction of sp³-hybridized carbons (Fsp3) is 0.481. The minimum absolute atomic E-state index is 0.137. The van der Waals surface area contributed by atoms with Gasteiger partial charge in [-0.05, 0) is 61.1 Å². The smallest absolute Gasteiger partial charge is 0.247 e. The van der Waals surface area contributed by atoms with Crippen molar-refractivity contribution in [3.63, 3.8) is 0 Å². The molecular formula is C27H32FN5O. The fourth-order valence-electron chi connectivity index (χ4n) is 6.40. The van der Waals surface area contributed by atoms with Crippen LogP contribution in [0.1, 0.15) is 42.7 Å². The molecule has 0 aromatic heterocycles. The summed E-state index contributed by atoms with van der Waals surface area (Å²) in [7, 11) is 0. The van der Waals surface area contributed by atoms with Crippen molar-refractivity contribution >= 4 is 17.4 Å². The summed E-state index contributed by atoms with van der Waals surface area (Å²) in [5.41, 5.74) is 3.12. The number of nitrogens with one attached hydrogen (secondary N) is 2. The van der Waals surface area contributed by atoms with Crippen LogP contribution in [0.4, 0.5) is 10.1 Å². The first-order chi connectivity index (χ1) is 16.6. The van der Waals surface area contributed by atoms with Gasteiger partial charge >= 0.3 is 0 Å². The maximum Gasteiger partial charge on any atom is 0.247 e. The number of carbonyl (C=O) groups is 1. The average molecular weight is 462 g/mol. The standard InChI is InChI=1S/C27H32FN5O/c28-20-7-8-22-19(16-20)6-9-24-23(22)17-25(31-24)29-12-15-32-13-10-27(11-14-32)26(34)30-18-33(27)21-4-2-1-3-5-21/h1-5,7-8,16,23-24H,6,9-15,17-18H2,(H,29,31)(H,30,34). The molecule has 7 heteroatoms. The van der Waals surface area contributed by atoms with Crippen LogP contribution in [0.15, 0.2) is 53.5 Å². The lowest BCUT2D eigenvalue weighted by Crippen LogP contribution is -2.56. The lowest BCUT2D eigenvalue weighted by atomic mass is 9.80. The van der Waals surface area contributed by atoms with Gasteiger partial charge < -0.3 is 20.4 Å². The predicted molar refractivity (Wildman–Crippen MR) is 132 cm³/mol. The highest BCUT2D eigenvalue weighted by molar-refractivity contribution is 5.93. The van der Waals surface area contributed by atoms with Crippen LogP contribution in [0.3, 0.4) is 0 Å². The molecule has 6 rings (SSSR count). The van der Waals surface area contributed by atoms with Crippen molar-refractivity contribution in [2.45, 2.75) is 49.6 Å². The number of fused-ring (bicyclic) bond motifs is 3. The Bertz CT molecular complexity index is 1100. The van der Waals surface area contributed by atoms with E-state index in [1.54, 1.807) is 12.1 Å². The summed E-state index contributed by atoms with van der Waals surface area (Å²) in [5, 5.41) is 6.71. The number of amides is 1. The zero-order chi connectivity index (χ0) is 23.1. The largest absolute Gasteiger partial charge is 0.370 e. The Hall–Kier alpha value is -2.93. The van der Waals surface area contributed by atoms with E-state index in [9.17, 15) is 9.18 Å². The highest BCUT2D eigenvalue weighted by Crippen LogP contribution is 2.38. The van der Waals surface area contributed by atoms with Gasteiger partial charge in [-0.2, -0.15) is 0 Å². The number of rotatable bonds is 4. The van der Waals surface area contributed by atoms with Crippen LogP contribution in [0, 0.1) is 5.82 Å². The number of anilines is 1. The number of para-hydroxylation sites is 1. The second-order valence-electron chi connectivity index (χ2n) is 10.1. The number of aryl methyl sites for hydroxylation is 1. The minimum atomic E-state index is -0.431. The first-order valence-corrected chi connectivity index (χ1v) is 12.5. The van der Waals surface area contributed by atoms with E-state index >= 15 is 0 Å². The second kappa shape index (κ2) is 8.69. The summed E-state index contributed by atoms with van der Waals surface area (Å²) >= 11 is 0. The molecule has 1 amide bonds. The second-order valence-corrected chi connectivity index (χ2v) is 10.1. The SMILES string of the molecule is O=C1NCN(c2ccccc2)C12CCN(CCN=C1CC3c4ccc(F)cc4CCC3N1)CC2. The van der Waals surface area contributed by atoms with Gasteiger partial charge in [-0.1, -0.05) is 24.3 Å². The zero-order valence-corrected chi connectivity index (χ0v) is 19.5. The van der Waals surface area contributed by atoms with Crippen LogP contribution in [0.25, 0.3) is 0 Å². The van der Waals surface area contributed by atoms with E-state index in [-0.39, 0.29) is 11.7 Å². The molecule has 1 spiro atoms. The maximum absolute atomic E-state index is 13.6. The maximum atomic E-state index is 13.6. The molecule has 2 aromatic rings. The molecule has 3 heterocycles. The van der Waals surface area contributed by atoms with Crippen LogP contribution in [0.5, 0.6) is 0 Å². The molecule has 2 aromatic carbocycles. The van der Waals surface area contributed by atoms with E-state index in [1.807, 2.05) is 24.3 Å². The number of likely N-dealkylation sites (tertiary alicyclic amines) is 1. The van der Waals surface area contributed by atoms with Gasteiger partial charge in [0, 0.05) is 43.7 Å². The summed E-state index contributed by atoms with van der Waals surface area (Å²) in [5.74, 6) is 1.52. The van der Waals surface area contributed by atoms with Crippen LogP contribution < -0.4 is 15.5 Å². The molecule has 0 bridgehead atoms. The lowest BCUT2D eigenvalue weighted by molar-refractivity contribution is -0.125. The number of piperidine rings is 1. The van der Waals surface area contributed by atoms with Gasteiger partial charge in [0.2, 0.25) is 5.91 Å². The normalized spacial score (nSPS) is 26.9. The van der Waals surface area contributed by atoms with Gasteiger partial charge in [-0.3, -0.25) is 9.79 Å². The fourth-order valence-corrected chi connectivity index (χ4v) is 6.40. The third kappa shape index (κ3) is 3.76. The number of carbonyl (C=O) groups excluding carboxylic acids is 1. The highest BCUT2D eigenvalue weighted by Gasteiger charge is 2.50. The molecule has 2 unspecified atom stereocenters. The van der Waals surface area contributed by atoms with Crippen LogP contribution in [-0.4, -0.2) is 61.1 Å². The first-order valence-electron chi connectivity index (χ1n) is 12.5. The molecule has 3 fully saturated rings. The molecular weight excluding hydrogens is 429 g/mol. The summed E-state index contributed by atoms with van der Waals surface area (Å²) in [6.45, 7) is 4.06. The zero-order valence-electron chi connectivity index (χ0n) is 19.5. The van der Waals surface area contributed by atoms with E-state index in [1.165, 1.54) is 5.56 Å². The van der Waals surface area contributed by atoms with Crippen molar-refractivity contribution in [3.05, 3.63) is 65.5 Å². The molecule has 34 heavy (non-hydrogen) atoms. The minimum Gasteiger partial charge on any atom is -0.370 e. The number of hydrogen-bond donors (Lipinski definition) is 2. The Balaban J connectivity index is 1.05. The Kier molecular flexibility index (Phi) is 5.52. The number of hydrogen-bond acceptors (Lipinski definition) is 4. The summed E-state index contributed by atoms with van der Waals surface area (Å²) in [6.07, 6.45) is 4.55. The van der Waals surface area contributed by atoms with Crippen molar-refractivity contribution in [1.82, 2.24) is 15.5 Å². The van der Waals surface area contributed by atoms with Gasteiger partial charge in [-0.15, -0.1) is 0 Å². The van der Waals surface area contributed by atoms with Crippen molar-refractivity contribution in [2.75, 3.05) is 37.7 Å². The predicted octanol–water partition coefficient (Wildman–Crippen LogP) is 3.04. The molecule has 6 nitrogen and oxygen atoms in total. The Labute approximate surface area is 200 Å². The van der Waals surface area contributed by atoms with Crippen LogP contribution in [-0.2, 0) is 11.2 Å². The van der Waals surface area contributed by atoms with Gasteiger partial charge in [0.15, 0.2) is 0 Å². The average Bonchev–Trinajstić information content (AvgIpc) is 3.42. The van der Waals surface area contributed by atoms with E-state index < -0.39 is 5.54 Å². The molecule has 3 saturated heterocycles. The molecule has 2 atom stereocenters. The highest BCUT2D eigenvalue weighted by atomic mass is 19.1. The Morgan fingerprint density at radius 1 is 1.12 bits per heavy atom. The van der Waals surface area contributed by atoms with Crippen molar-refractivity contribution < 1.29 is 9.18 Å². The summed E-state index contributed by atoms with van der Waals surface area (Å²) < 4.78 is 13.6. The van der Waals surface area contributed by atoms with Gasteiger partial charge in [0.25, 0.3) is 0 Å². The molecule has 1 aliphatic carbocycles. The van der Waals surface area contributed by atoms with Crippen molar-refractivity contribution in [3.8, 4) is 0 Å². The molecule has 2 N–H and O–H groups in total. The third-order valence-corrected chi connectivity index (χ3v) is 8.29. The molecule has 0 radical (unpaired) electrons. The molecule has 178 valence electrons. The van der Waals surface area contributed by atoms with Gasteiger partial charge in [0.1, 0.15) is 11.4 Å². The molecule has 4 aliphatic rings. The van der Waals surface area contributed by atoms with E-state index in [2.05, 4.69) is 32.6 Å². The third-order valence-electron chi connectivity index (χ3n) is 8.29. The number of aliphatic imine (C=N–C) groups is 1. The van der Waals surface area contributed by atoms with Crippen LogP contribution >= 0.6 is 0 Å². The lowest BCUT2D eigenvalue weighted by Gasteiger charge is -2.43. The van der Waals surface area contributed by atoms with E-state index in [4.69, 9.17) is 4.99 Å². The summed E-state index contributed by atoms with van der Waals surface area (Å²) in [6, 6.07) is 15.9. The molecule has 3 aliphatic heterocycles. The van der Waals surface area contributed by atoms with Crippen molar-refractivity contribution in [2.24, 2.45) is 4.99 Å². The summed E-state index contributed by atoms with van der Waals surface area (Å²) in [4.78, 5) is 22.4. The quantitative estimate of drug-likeness (QED) is 0.735. The number of amidine groups is 1. The molecule has 0 saturated carbocycles. The first kappa shape index (κ1) is 21.6. The Morgan fingerprint density at radius 3 is 2.76 bits per heavy atom. The van der Waals surface area contributed by atoms with Gasteiger partial charge in [0.05, 0.1) is 19.0 Å². The number of halogens is 1. The number of benzene rings is 2. The van der Waals surface area contributed by atoms with E-state index in [0.717, 1.165) is 75.4 Å². The van der Waals surface area contributed by atoms with Crippen LogP contribution in [0.2, 0.25) is 0 Å². The Morgan fingerprint density at radius 2 is 1.94 bits per heavy atom. The number of nitrogens with zero attached hydrogens (tertiary/aromatic N) is 3. The topological polar surface area (TPSA) is 60.0 Å². The van der Waals surface area contributed by atoms with Gasteiger partial charge in [-0.25, -0.2) is 4.39 Å². The monoisotopic (exact) mass is 461 g/mol.